The number of hydrogen-bond acceptors (Lipinski definition) is 2. The van der Waals surface area contributed by atoms with E-state index in [1.807, 2.05) is 0 Å². The van der Waals surface area contributed by atoms with Gasteiger partial charge in [0.2, 0.25) is 0 Å². The molecule has 1 heterocycles. The van der Waals surface area contributed by atoms with E-state index in [2.05, 4.69) is 71.4 Å². The molecule has 0 bridgehead atoms. The van der Waals surface area contributed by atoms with Crippen LogP contribution in [0.15, 0.2) is 52.3 Å². The van der Waals surface area contributed by atoms with Crippen LogP contribution in [0, 0.1) is 6.92 Å². The Morgan fingerprint density at radius 2 is 1.84 bits per heavy atom. The highest BCUT2D eigenvalue weighted by Crippen LogP contribution is 2.35. The van der Waals surface area contributed by atoms with Gasteiger partial charge in [-0.25, -0.2) is 0 Å². The van der Waals surface area contributed by atoms with E-state index in [4.69, 9.17) is 5.73 Å². The largest absolute Gasteiger partial charge is 0.320 e. The zero-order valence-corrected chi connectivity index (χ0v) is 13.0. The monoisotopic (exact) mass is 331 g/mol. The molecule has 3 aromatic rings. The molecule has 96 valence electrons. The fourth-order valence-electron chi connectivity index (χ4n) is 2.31. The first-order chi connectivity index (χ1) is 9.16. The molecule has 19 heavy (non-hydrogen) atoms. The van der Waals surface area contributed by atoms with Crippen molar-refractivity contribution in [2.24, 2.45) is 5.73 Å². The van der Waals surface area contributed by atoms with Gasteiger partial charge in [0.1, 0.15) is 0 Å². The fourth-order valence-corrected chi connectivity index (χ4v) is 3.90. The second-order valence-corrected chi connectivity index (χ2v) is 7.05. The molecule has 3 heteroatoms. The quantitative estimate of drug-likeness (QED) is 0.700. The molecule has 1 unspecified atom stereocenters. The van der Waals surface area contributed by atoms with Crippen LogP contribution in [0.5, 0.6) is 0 Å². The normalized spacial score (nSPS) is 12.8. The van der Waals surface area contributed by atoms with E-state index < -0.39 is 0 Å². The number of nitrogens with two attached hydrogens (primary N) is 1. The second-order valence-electron chi connectivity index (χ2n) is 4.65. The number of thiophene rings is 1. The number of aryl methyl sites for hydroxylation is 1. The molecule has 0 saturated carbocycles. The third kappa shape index (κ3) is 2.34. The molecule has 0 radical (unpaired) electrons. The summed E-state index contributed by atoms with van der Waals surface area (Å²) in [6.45, 7) is 2.10. The van der Waals surface area contributed by atoms with Gasteiger partial charge in [-0.1, -0.05) is 42.5 Å². The molecule has 0 spiro atoms. The van der Waals surface area contributed by atoms with Crippen LogP contribution in [0.3, 0.4) is 0 Å². The first kappa shape index (κ1) is 12.9. The average molecular weight is 332 g/mol. The van der Waals surface area contributed by atoms with Crippen LogP contribution < -0.4 is 5.73 Å². The molecule has 1 nitrogen and oxygen atoms in total. The summed E-state index contributed by atoms with van der Waals surface area (Å²) < 4.78 is 1.16. The lowest BCUT2D eigenvalue weighted by molar-refractivity contribution is 0.902. The fraction of sp³-hybridized carbons (Fsp3) is 0.125. The number of fused-ring (bicyclic) bond motifs is 1. The molecule has 2 N–H and O–H groups in total. The topological polar surface area (TPSA) is 26.0 Å². The van der Waals surface area contributed by atoms with Crippen molar-refractivity contribution in [2.45, 2.75) is 13.0 Å². The van der Waals surface area contributed by atoms with Crippen LogP contribution in [-0.2, 0) is 0 Å². The Hall–Kier alpha value is -1.16. The van der Waals surface area contributed by atoms with E-state index in [1.165, 1.54) is 26.8 Å². The van der Waals surface area contributed by atoms with Crippen molar-refractivity contribution >= 4 is 38.0 Å². The molecule has 0 fully saturated rings. The Morgan fingerprint density at radius 3 is 2.58 bits per heavy atom. The molecule has 1 aromatic heterocycles. The summed E-state index contributed by atoms with van der Waals surface area (Å²) in [4.78, 5) is 1.20. The Kier molecular flexibility index (Phi) is 3.44. The summed E-state index contributed by atoms with van der Waals surface area (Å²) >= 11 is 5.29. The maximum Gasteiger partial charge on any atom is 0.0731 e. The third-order valence-electron chi connectivity index (χ3n) is 3.34. The summed E-state index contributed by atoms with van der Waals surface area (Å²) in [7, 11) is 0. The summed E-state index contributed by atoms with van der Waals surface area (Å²) in [5, 5.41) is 2.47. The van der Waals surface area contributed by atoms with Gasteiger partial charge < -0.3 is 5.73 Å². The summed E-state index contributed by atoms with van der Waals surface area (Å²) in [6, 6.07) is 16.8. The lowest BCUT2D eigenvalue weighted by Gasteiger charge is -2.13. The standard InChI is InChI=1S/C16H14BrNS/c1-10-9-14(19-16(10)17)15(18)13-8-4-6-11-5-2-3-7-12(11)13/h2-9,15H,18H2,1H3. The minimum atomic E-state index is -0.0684. The smallest absolute Gasteiger partial charge is 0.0731 e. The zero-order valence-electron chi connectivity index (χ0n) is 10.6. The first-order valence-electron chi connectivity index (χ1n) is 6.16. The minimum Gasteiger partial charge on any atom is -0.320 e. The second kappa shape index (κ2) is 5.08. The van der Waals surface area contributed by atoms with Crippen LogP contribution in [-0.4, -0.2) is 0 Å². The number of rotatable bonds is 2. The molecule has 0 aliphatic heterocycles. The van der Waals surface area contributed by atoms with Crippen LogP contribution in [0.4, 0.5) is 0 Å². The van der Waals surface area contributed by atoms with Gasteiger partial charge in [-0.3, -0.25) is 0 Å². The van der Waals surface area contributed by atoms with Crippen molar-refractivity contribution in [1.29, 1.82) is 0 Å². The number of halogens is 1. The highest BCUT2D eigenvalue weighted by molar-refractivity contribution is 9.11. The van der Waals surface area contributed by atoms with Crippen LogP contribution >= 0.6 is 27.3 Å². The molecule has 0 amide bonds. The van der Waals surface area contributed by atoms with E-state index in [-0.39, 0.29) is 6.04 Å². The summed E-state index contributed by atoms with van der Waals surface area (Å²) in [5.74, 6) is 0. The molecule has 0 aliphatic rings. The lowest BCUT2D eigenvalue weighted by atomic mass is 9.98. The lowest BCUT2D eigenvalue weighted by Crippen LogP contribution is -2.10. The SMILES string of the molecule is Cc1cc(C(N)c2cccc3ccccc23)sc1Br. The van der Waals surface area contributed by atoms with Gasteiger partial charge in [0, 0.05) is 4.88 Å². The zero-order chi connectivity index (χ0) is 13.4. The van der Waals surface area contributed by atoms with Gasteiger partial charge in [-0.15, -0.1) is 11.3 Å². The van der Waals surface area contributed by atoms with Gasteiger partial charge in [0.15, 0.2) is 0 Å². The van der Waals surface area contributed by atoms with Gasteiger partial charge in [-0.05, 0) is 50.8 Å². The van der Waals surface area contributed by atoms with Crippen molar-refractivity contribution in [2.75, 3.05) is 0 Å². The molecule has 3 rings (SSSR count). The van der Waals surface area contributed by atoms with Crippen LogP contribution in [0.1, 0.15) is 22.0 Å². The van der Waals surface area contributed by atoms with E-state index >= 15 is 0 Å². The van der Waals surface area contributed by atoms with Crippen molar-refractivity contribution in [3.63, 3.8) is 0 Å². The van der Waals surface area contributed by atoms with Gasteiger partial charge in [0.25, 0.3) is 0 Å². The maximum atomic E-state index is 6.45. The summed E-state index contributed by atoms with van der Waals surface area (Å²) in [5.41, 5.74) is 8.89. The third-order valence-corrected chi connectivity index (χ3v) is 5.56. The Labute approximate surface area is 125 Å². The number of hydrogen-bond donors (Lipinski definition) is 1. The molecule has 1 atom stereocenters. The van der Waals surface area contributed by atoms with Crippen molar-refractivity contribution < 1.29 is 0 Å². The Balaban J connectivity index is 2.13. The molecular formula is C16H14BrNS. The van der Waals surface area contributed by atoms with Crippen molar-refractivity contribution in [3.8, 4) is 0 Å². The van der Waals surface area contributed by atoms with E-state index in [0.717, 1.165) is 3.79 Å². The highest BCUT2D eigenvalue weighted by atomic mass is 79.9. The average Bonchev–Trinajstić information content (AvgIpc) is 2.77. The molecule has 0 aliphatic carbocycles. The molecule has 2 aromatic carbocycles. The van der Waals surface area contributed by atoms with Crippen LogP contribution in [0.2, 0.25) is 0 Å². The highest BCUT2D eigenvalue weighted by Gasteiger charge is 2.15. The predicted octanol–water partition coefficient (Wildman–Crippen LogP) is 5.02. The van der Waals surface area contributed by atoms with Crippen LogP contribution in [0.25, 0.3) is 10.8 Å². The van der Waals surface area contributed by atoms with Crippen molar-refractivity contribution in [3.05, 3.63) is 68.3 Å². The van der Waals surface area contributed by atoms with Crippen molar-refractivity contribution in [1.82, 2.24) is 0 Å². The number of benzene rings is 2. The predicted molar refractivity (Wildman–Crippen MR) is 86.7 cm³/mol. The molecular weight excluding hydrogens is 318 g/mol. The van der Waals surface area contributed by atoms with E-state index in [1.54, 1.807) is 11.3 Å². The summed E-state index contributed by atoms with van der Waals surface area (Å²) in [6.07, 6.45) is 0. The first-order valence-corrected chi connectivity index (χ1v) is 7.77. The van der Waals surface area contributed by atoms with E-state index in [0.29, 0.717) is 0 Å². The van der Waals surface area contributed by atoms with Gasteiger partial charge in [0.05, 0.1) is 9.83 Å². The van der Waals surface area contributed by atoms with E-state index in [9.17, 15) is 0 Å². The maximum absolute atomic E-state index is 6.45. The van der Waals surface area contributed by atoms with Gasteiger partial charge >= 0.3 is 0 Å². The minimum absolute atomic E-state index is 0.0684. The Bertz CT molecular complexity index is 708. The molecule has 0 saturated heterocycles. The van der Waals surface area contributed by atoms with Gasteiger partial charge in [-0.2, -0.15) is 0 Å². The Morgan fingerprint density at radius 1 is 1.11 bits per heavy atom.